The molecule has 0 saturated heterocycles. The summed E-state index contributed by atoms with van der Waals surface area (Å²) in [5.74, 6) is 1.68. The first kappa shape index (κ1) is 17.1. The fourth-order valence-electron chi connectivity index (χ4n) is 2.07. The highest BCUT2D eigenvalue weighted by Gasteiger charge is 2.07. The summed E-state index contributed by atoms with van der Waals surface area (Å²) < 4.78 is 11.0. The lowest BCUT2D eigenvalue weighted by Crippen LogP contribution is -2.39. The quantitative estimate of drug-likeness (QED) is 0.790. The molecule has 5 heteroatoms. The van der Waals surface area contributed by atoms with Crippen LogP contribution in [0, 0.1) is 6.92 Å². The minimum atomic E-state index is 0.0835. The number of hydrogen-bond donors (Lipinski definition) is 2. The van der Waals surface area contributed by atoms with Gasteiger partial charge in [0.15, 0.2) is 5.11 Å². The van der Waals surface area contributed by atoms with Gasteiger partial charge in [0.05, 0.1) is 13.2 Å². The number of rotatable bonds is 6. The van der Waals surface area contributed by atoms with Crippen LogP contribution in [0.1, 0.15) is 12.5 Å². The third kappa shape index (κ3) is 5.45. The Bertz CT molecular complexity index is 661. The van der Waals surface area contributed by atoms with Gasteiger partial charge in [-0.25, -0.2) is 0 Å². The number of thiocarbonyl (C=S) groups is 1. The second kappa shape index (κ2) is 8.39. The summed E-state index contributed by atoms with van der Waals surface area (Å²) in [6.45, 7) is 4.59. The van der Waals surface area contributed by atoms with Crippen LogP contribution in [0.3, 0.4) is 0 Å². The van der Waals surface area contributed by atoms with E-state index in [1.807, 2.05) is 62.4 Å². The smallest absolute Gasteiger partial charge is 0.171 e. The van der Waals surface area contributed by atoms with E-state index in [0.29, 0.717) is 11.7 Å². The molecule has 0 fully saturated rings. The van der Waals surface area contributed by atoms with E-state index in [4.69, 9.17) is 21.7 Å². The van der Waals surface area contributed by atoms with Crippen molar-refractivity contribution in [3.63, 3.8) is 0 Å². The van der Waals surface area contributed by atoms with Crippen LogP contribution in [0.2, 0.25) is 0 Å². The first-order valence-corrected chi connectivity index (χ1v) is 7.89. The van der Waals surface area contributed by atoms with Crippen molar-refractivity contribution >= 4 is 23.0 Å². The molecule has 2 aromatic carbocycles. The maximum absolute atomic E-state index is 5.82. The van der Waals surface area contributed by atoms with Gasteiger partial charge in [0.2, 0.25) is 0 Å². The van der Waals surface area contributed by atoms with E-state index in [9.17, 15) is 0 Å². The van der Waals surface area contributed by atoms with Crippen LogP contribution in [0.5, 0.6) is 11.5 Å². The Morgan fingerprint density at radius 3 is 2.70 bits per heavy atom. The molecule has 0 radical (unpaired) electrons. The van der Waals surface area contributed by atoms with E-state index in [-0.39, 0.29) is 6.04 Å². The number of benzene rings is 2. The molecule has 0 amide bonds. The van der Waals surface area contributed by atoms with Crippen LogP contribution in [-0.4, -0.2) is 24.9 Å². The molecule has 0 bridgehead atoms. The summed E-state index contributed by atoms with van der Waals surface area (Å²) in [4.78, 5) is 0. The van der Waals surface area contributed by atoms with Crippen molar-refractivity contribution in [1.29, 1.82) is 0 Å². The van der Waals surface area contributed by atoms with Gasteiger partial charge in [-0.3, -0.25) is 0 Å². The van der Waals surface area contributed by atoms with Crippen LogP contribution < -0.4 is 20.1 Å². The number of ether oxygens (including phenoxy) is 2. The molecule has 4 nitrogen and oxygen atoms in total. The maximum atomic E-state index is 5.82. The fraction of sp³-hybridized carbons (Fsp3) is 0.278. The predicted molar refractivity (Wildman–Crippen MR) is 98.5 cm³/mol. The first-order valence-electron chi connectivity index (χ1n) is 7.48. The third-order valence-corrected chi connectivity index (χ3v) is 3.51. The molecule has 0 unspecified atom stereocenters. The predicted octanol–water partition coefficient (Wildman–Crippen LogP) is 3.76. The van der Waals surface area contributed by atoms with Crippen LogP contribution in [0.4, 0.5) is 5.69 Å². The Balaban J connectivity index is 1.81. The van der Waals surface area contributed by atoms with Gasteiger partial charge < -0.3 is 20.1 Å². The molecule has 0 saturated carbocycles. The molecule has 1 atom stereocenters. The van der Waals surface area contributed by atoms with E-state index in [1.54, 1.807) is 7.11 Å². The lowest BCUT2D eigenvalue weighted by Gasteiger charge is -2.18. The highest BCUT2D eigenvalue weighted by molar-refractivity contribution is 7.80. The molecule has 122 valence electrons. The van der Waals surface area contributed by atoms with Crippen molar-refractivity contribution in [2.24, 2.45) is 0 Å². The molecular formula is C18H22N2O2S. The monoisotopic (exact) mass is 330 g/mol. The van der Waals surface area contributed by atoms with Gasteiger partial charge in [0.25, 0.3) is 0 Å². The Morgan fingerprint density at radius 1 is 1.17 bits per heavy atom. The maximum Gasteiger partial charge on any atom is 0.171 e. The Morgan fingerprint density at radius 2 is 1.96 bits per heavy atom. The number of aryl methyl sites for hydroxylation is 1. The normalized spacial score (nSPS) is 11.4. The number of methoxy groups -OCH3 is 1. The molecule has 23 heavy (non-hydrogen) atoms. The summed E-state index contributed by atoms with van der Waals surface area (Å²) >= 11 is 5.33. The highest BCUT2D eigenvalue weighted by atomic mass is 32.1. The molecule has 2 aromatic rings. The molecule has 0 aromatic heterocycles. The largest absolute Gasteiger partial charge is 0.497 e. The van der Waals surface area contributed by atoms with Crippen LogP contribution in [0.15, 0.2) is 48.5 Å². The zero-order valence-corrected chi connectivity index (χ0v) is 14.4. The number of nitrogens with one attached hydrogen (secondary N) is 2. The Labute approximate surface area is 142 Å². The van der Waals surface area contributed by atoms with Crippen molar-refractivity contribution in [2.45, 2.75) is 19.9 Å². The standard InChI is InChI=1S/C18H22N2O2S/c1-13-7-4-5-10-17(13)22-12-14(2)19-18(23)20-15-8-6-9-16(11-15)21-3/h4-11,14H,12H2,1-3H3,(H2,19,20,23)/t14-/m1/s1. The van der Waals surface area contributed by atoms with Gasteiger partial charge >= 0.3 is 0 Å². The van der Waals surface area contributed by atoms with Gasteiger partial charge in [-0.1, -0.05) is 24.3 Å². The molecule has 0 aliphatic carbocycles. The minimum absolute atomic E-state index is 0.0835. The van der Waals surface area contributed by atoms with Gasteiger partial charge in [0, 0.05) is 11.8 Å². The molecule has 0 aliphatic rings. The SMILES string of the molecule is COc1cccc(NC(=S)N[C@H](C)COc2ccccc2C)c1. The summed E-state index contributed by atoms with van der Waals surface area (Å²) in [5.41, 5.74) is 2.01. The zero-order valence-electron chi connectivity index (χ0n) is 13.6. The molecule has 2 rings (SSSR count). The van der Waals surface area contributed by atoms with Crippen LogP contribution >= 0.6 is 12.2 Å². The molecule has 0 aliphatic heterocycles. The van der Waals surface area contributed by atoms with Crippen molar-refractivity contribution in [2.75, 3.05) is 19.0 Å². The summed E-state index contributed by atoms with van der Waals surface area (Å²) in [6.07, 6.45) is 0. The van der Waals surface area contributed by atoms with Gasteiger partial charge in [-0.2, -0.15) is 0 Å². The van der Waals surface area contributed by atoms with Crippen molar-refractivity contribution in [3.05, 3.63) is 54.1 Å². The van der Waals surface area contributed by atoms with Gasteiger partial charge in [-0.05, 0) is 49.8 Å². The lowest BCUT2D eigenvalue weighted by molar-refractivity contribution is 0.285. The van der Waals surface area contributed by atoms with E-state index in [0.717, 1.165) is 22.7 Å². The van der Waals surface area contributed by atoms with E-state index in [2.05, 4.69) is 10.6 Å². The number of hydrogen-bond acceptors (Lipinski definition) is 3. The minimum Gasteiger partial charge on any atom is -0.497 e. The van der Waals surface area contributed by atoms with Crippen molar-refractivity contribution in [1.82, 2.24) is 5.32 Å². The molecule has 0 heterocycles. The fourth-order valence-corrected chi connectivity index (χ4v) is 2.39. The second-order valence-electron chi connectivity index (χ2n) is 5.31. The van der Waals surface area contributed by atoms with E-state index < -0.39 is 0 Å². The molecular weight excluding hydrogens is 308 g/mol. The van der Waals surface area contributed by atoms with Crippen molar-refractivity contribution in [3.8, 4) is 11.5 Å². The topological polar surface area (TPSA) is 42.5 Å². The average Bonchev–Trinajstić information content (AvgIpc) is 2.54. The van der Waals surface area contributed by atoms with Gasteiger partial charge in [0.1, 0.15) is 18.1 Å². The number of anilines is 1. The zero-order chi connectivity index (χ0) is 16.7. The van der Waals surface area contributed by atoms with Crippen molar-refractivity contribution < 1.29 is 9.47 Å². The lowest BCUT2D eigenvalue weighted by atomic mass is 10.2. The average molecular weight is 330 g/mol. The summed E-state index contributed by atoms with van der Waals surface area (Å²) in [5, 5.41) is 6.91. The number of para-hydroxylation sites is 1. The molecule has 0 spiro atoms. The third-order valence-electron chi connectivity index (χ3n) is 3.29. The van der Waals surface area contributed by atoms with E-state index >= 15 is 0 Å². The second-order valence-corrected chi connectivity index (χ2v) is 5.72. The first-order chi connectivity index (χ1) is 11.1. The summed E-state index contributed by atoms with van der Waals surface area (Å²) in [6, 6.07) is 15.7. The van der Waals surface area contributed by atoms with E-state index in [1.165, 1.54) is 0 Å². The van der Waals surface area contributed by atoms with Gasteiger partial charge in [-0.15, -0.1) is 0 Å². The van der Waals surface area contributed by atoms with Crippen LogP contribution in [0.25, 0.3) is 0 Å². The highest BCUT2D eigenvalue weighted by Crippen LogP contribution is 2.17. The Hall–Kier alpha value is -2.27. The summed E-state index contributed by atoms with van der Waals surface area (Å²) in [7, 11) is 1.64. The Kier molecular flexibility index (Phi) is 6.23. The molecule has 2 N–H and O–H groups in total. The van der Waals surface area contributed by atoms with Crippen LogP contribution in [-0.2, 0) is 0 Å².